The molecule has 128 valence electrons. The Morgan fingerprint density at radius 1 is 0.846 bits per heavy atom. The highest BCUT2D eigenvalue weighted by atomic mass is 16.5. The smallest absolute Gasteiger partial charge is 0.120 e. The summed E-state index contributed by atoms with van der Waals surface area (Å²) in [5.74, 6) is 0.917. The molecule has 0 saturated heterocycles. The van der Waals surface area contributed by atoms with Crippen LogP contribution in [0.2, 0.25) is 0 Å². The molecule has 0 amide bonds. The Hall–Kier alpha value is -3.13. The van der Waals surface area contributed by atoms with E-state index in [2.05, 4.69) is 48.6 Å². The van der Waals surface area contributed by atoms with Crippen molar-refractivity contribution in [1.29, 1.82) is 0 Å². The molecule has 3 aromatic carbocycles. The van der Waals surface area contributed by atoms with Crippen LogP contribution in [0.3, 0.4) is 0 Å². The van der Waals surface area contributed by atoms with Crippen molar-refractivity contribution < 1.29 is 4.74 Å². The normalized spacial score (nSPS) is 13.3. The van der Waals surface area contributed by atoms with Gasteiger partial charge in [0.25, 0.3) is 0 Å². The molecule has 0 bridgehead atoms. The largest absolute Gasteiger partial charge is 0.489 e. The first-order valence-electron chi connectivity index (χ1n) is 8.96. The van der Waals surface area contributed by atoms with Gasteiger partial charge in [0.15, 0.2) is 0 Å². The Balaban J connectivity index is 1.49. The third-order valence-corrected chi connectivity index (χ3v) is 4.50. The van der Waals surface area contributed by atoms with Crippen LogP contribution >= 0.6 is 0 Å². The molecular formula is C24H21NO. The van der Waals surface area contributed by atoms with Crippen LogP contribution in [-0.2, 0) is 13.0 Å². The molecule has 0 aromatic heterocycles. The molecule has 26 heavy (non-hydrogen) atoms. The predicted octanol–water partition coefficient (Wildman–Crippen LogP) is 5.32. The predicted molar refractivity (Wildman–Crippen MR) is 108 cm³/mol. The second kappa shape index (κ2) is 7.83. The number of allylic oxidation sites excluding steroid dienone is 1. The first-order chi connectivity index (χ1) is 12.9. The summed E-state index contributed by atoms with van der Waals surface area (Å²) in [6, 6.07) is 26.9. The second-order valence-electron chi connectivity index (χ2n) is 6.35. The minimum atomic E-state index is 0.592. The van der Waals surface area contributed by atoms with Gasteiger partial charge in [0.05, 0.1) is 5.71 Å². The Kier molecular flexibility index (Phi) is 4.92. The molecule has 0 N–H and O–H groups in total. The maximum Gasteiger partial charge on any atom is 0.120 e. The summed E-state index contributed by atoms with van der Waals surface area (Å²) in [4.78, 5) is 4.70. The Morgan fingerprint density at radius 2 is 1.62 bits per heavy atom. The highest BCUT2D eigenvalue weighted by Gasteiger charge is 2.13. The fourth-order valence-corrected chi connectivity index (χ4v) is 3.12. The molecule has 4 rings (SSSR count). The maximum absolute atomic E-state index is 5.96. The van der Waals surface area contributed by atoms with Gasteiger partial charge in [-0.25, -0.2) is 0 Å². The van der Waals surface area contributed by atoms with Crippen molar-refractivity contribution in [1.82, 2.24) is 0 Å². The molecule has 1 heterocycles. The number of hydrogen-bond donors (Lipinski definition) is 0. The van der Waals surface area contributed by atoms with Gasteiger partial charge < -0.3 is 4.74 Å². The molecule has 0 spiro atoms. The molecule has 0 saturated carbocycles. The SMILES string of the molecule is C(=Cc1ccccc1)C1=NCCc2cc(OCc3ccccc3)ccc21. The second-order valence-corrected chi connectivity index (χ2v) is 6.35. The highest BCUT2D eigenvalue weighted by Crippen LogP contribution is 2.24. The average molecular weight is 339 g/mol. The van der Waals surface area contributed by atoms with Crippen molar-refractivity contribution in [2.24, 2.45) is 4.99 Å². The fourth-order valence-electron chi connectivity index (χ4n) is 3.12. The lowest BCUT2D eigenvalue weighted by Crippen LogP contribution is -2.11. The first kappa shape index (κ1) is 16.3. The van der Waals surface area contributed by atoms with Crippen molar-refractivity contribution >= 4 is 11.8 Å². The van der Waals surface area contributed by atoms with Gasteiger partial charge in [-0.2, -0.15) is 0 Å². The zero-order valence-electron chi connectivity index (χ0n) is 14.6. The van der Waals surface area contributed by atoms with E-state index in [4.69, 9.17) is 9.73 Å². The zero-order valence-corrected chi connectivity index (χ0v) is 14.6. The van der Waals surface area contributed by atoms with E-state index in [0.29, 0.717) is 6.61 Å². The van der Waals surface area contributed by atoms with Gasteiger partial charge in [-0.1, -0.05) is 66.7 Å². The molecule has 3 aromatic rings. The van der Waals surface area contributed by atoms with E-state index < -0.39 is 0 Å². The summed E-state index contributed by atoms with van der Waals surface area (Å²) in [6.07, 6.45) is 5.19. The third kappa shape index (κ3) is 3.92. The van der Waals surface area contributed by atoms with E-state index in [-0.39, 0.29) is 0 Å². The monoisotopic (exact) mass is 339 g/mol. The first-order valence-corrected chi connectivity index (χ1v) is 8.96. The molecular weight excluding hydrogens is 318 g/mol. The quantitative estimate of drug-likeness (QED) is 0.616. The van der Waals surface area contributed by atoms with E-state index in [1.165, 1.54) is 22.3 Å². The number of hydrogen-bond acceptors (Lipinski definition) is 2. The average Bonchev–Trinajstić information content (AvgIpc) is 2.72. The van der Waals surface area contributed by atoms with Gasteiger partial charge in [-0.15, -0.1) is 0 Å². The summed E-state index contributed by atoms with van der Waals surface area (Å²) in [6.45, 7) is 1.41. The van der Waals surface area contributed by atoms with E-state index >= 15 is 0 Å². The number of fused-ring (bicyclic) bond motifs is 1. The van der Waals surface area contributed by atoms with Crippen LogP contribution < -0.4 is 4.74 Å². The number of aliphatic imine (C=N–C) groups is 1. The molecule has 0 aliphatic carbocycles. The van der Waals surface area contributed by atoms with Crippen molar-refractivity contribution in [3.8, 4) is 5.75 Å². The summed E-state index contributed by atoms with van der Waals surface area (Å²) >= 11 is 0. The van der Waals surface area contributed by atoms with Crippen molar-refractivity contribution in [3.63, 3.8) is 0 Å². The lowest BCUT2D eigenvalue weighted by Gasteiger charge is -2.16. The van der Waals surface area contributed by atoms with E-state index in [1.54, 1.807) is 0 Å². The minimum absolute atomic E-state index is 0.592. The van der Waals surface area contributed by atoms with Crippen molar-refractivity contribution in [2.75, 3.05) is 6.54 Å². The summed E-state index contributed by atoms with van der Waals surface area (Å²) < 4.78 is 5.96. The molecule has 2 heteroatoms. The van der Waals surface area contributed by atoms with Crippen LogP contribution in [0, 0.1) is 0 Å². The number of ether oxygens (including phenoxy) is 1. The van der Waals surface area contributed by atoms with Crippen LogP contribution in [0.5, 0.6) is 5.75 Å². The third-order valence-electron chi connectivity index (χ3n) is 4.50. The standard InChI is InChI=1S/C24H21NO/c1-3-7-19(8-4-1)11-14-24-23-13-12-22(17-21(23)15-16-25-24)26-18-20-9-5-2-6-10-20/h1-14,17H,15-16,18H2. The summed E-state index contributed by atoms with van der Waals surface area (Å²) in [5, 5.41) is 0. The number of benzene rings is 3. The molecule has 1 aliphatic rings. The Labute approximate surface area is 154 Å². The maximum atomic E-state index is 5.96. The van der Waals surface area contributed by atoms with Gasteiger partial charge in [0.2, 0.25) is 0 Å². The summed E-state index contributed by atoms with van der Waals surface area (Å²) in [5.41, 5.74) is 5.92. The van der Waals surface area contributed by atoms with Gasteiger partial charge in [-0.05, 0) is 47.4 Å². The Morgan fingerprint density at radius 3 is 2.42 bits per heavy atom. The van der Waals surface area contributed by atoms with Gasteiger partial charge >= 0.3 is 0 Å². The molecule has 0 atom stereocenters. The fraction of sp³-hybridized carbons (Fsp3) is 0.125. The van der Waals surface area contributed by atoms with Crippen LogP contribution in [0.1, 0.15) is 22.3 Å². The minimum Gasteiger partial charge on any atom is -0.489 e. The lowest BCUT2D eigenvalue weighted by atomic mass is 9.96. The number of rotatable bonds is 5. The lowest BCUT2D eigenvalue weighted by molar-refractivity contribution is 0.306. The molecule has 0 fully saturated rings. The molecule has 0 radical (unpaired) electrons. The van der Waals surface area contributed by atoms with Gasteiger partial charge in [-0.3, -0.25) is 4.99 Å². The van der Waals surface area contributed by atoms with E-state index in [9.17, 15) is 0 Å². The molecule has 1 aliphatic heterocycles. The van der Waals surface area contributed by atoms with Crippen LogP contribution in [0.15, 0.2) is 89.9 Å². The van der Waals surface area contributed by atoms with E-state index in [0.717, 1.165) is 24.4 Å². The van der Waals surface area contributed by atoms with Crippen LogP contribution in [-0.4, -0.2) is 12.3 Å². The van der Waals surface area contributed by atoms with E-state index in [1.807, 2.05) is 42.5 Å². The molecule has 0 unspecified atom stereocenters. The highest BCUT2D eigenvalue weighted by molar-refractivity contribution is 6.12. The van der Waals surface area contributed by atoms with Gasteiger partial charge in [0, 0.05) is 12.1 Å². The van der Waals surface area contributed by atoms with Crippen LogP contribution in [0.4, 0.5) is 0 Å². The number of nitrogens with zero attached hydrogens (tertiary/aromatic N) is 1. The topological polar surface area (TPSA) is 21.6 Å². The van der Waals surface area contributed by atoms with Gasteiger partial charge in [0.1, 0.15) is 12.4 Å². The Bertz CT molecular complexity index is 927. The summed E-state index contributed by atoms with van der Waals surface area (Å²) in [7, 11) is 0. The van der Waals surface area contributed by atoms with Crippen molar-refractivity contribution in [2.45, 2.75) is 13.0 Å². The van der Waals surface area contributed by atoms with Crippen LogP contribution in [0.25, 0.3) is 6.08 Å². The zero-order chi connectivity index (χ0) is 17.6. The molecule has 2 nitrogen and oxygen atoms in total. The van der Waals surface area contributed by atoms with Crippen molar-refractivity contribution in [3.05, 3.63) is 107 Å².